The van der Waals surface area contributed by atoms with Gasteiger partial charge in [0.2, 0.25) is 5.91 Å². The summed E-state index contributed by atoms with van der Waals surface area (Å²) in [6, 6.07) is 3.51. The fourth-order valence-electron chi connectivity index (χ4n) is 1.34. The Morgan fingerprint density at radius 3 is 2.65 bits per heavy atom. The first-order valence-corrected chi connectivity index (χ1v) is 6.92. The van der Waals surface area contributed by atoms with E-state index in [-0.39, 0.29) is 12.3 Å². The van der Waals surface area contributed by atoms with Gasteiger partial charge in [-0.05, 0) is 35.0 Å². The number of hydrogen-bond donors (Lipinski definition) is 1. The highest BCUT2D eigenvalue weighted by atomic mass is 127. The van der Waals surface area contributed by atoms with E-state index in [1.165, 1.54) is 6.07 Å². The third kappa shape index (κ3) is 5.43. The standard InChI is InChI=1S/C12H14F2INO/c13-10-4-3-9(7-11(10)14)8-12(17)16-6-2-1-5-15/h3-4,7H,1-2,5-6,8H2,(H,16,17). The molecule has 0 radical (unpaired) electrons. The van der Waals surface area contributed by atoms with E-state index in [4.69, 9.17) is 0 Å². The lowest BCUT2D eigenvalue weighted by molar-refractivity contribution is -0.120. The van der Waals surface area contributed by atoms with Crippen LogP contribution in [0.1, 0.15) is 18.4 Å². The molecule has 0 aliphatic rings. The van der Waals surface area contributed by atoms with Gasteiger partial charge in [0, 0.05) is 6.54 Å². The summed E-state index contributed by atoms with van der Waals surface area (Å²) in [6.45, 7) is 0.630. The van der Waals surface area contributed by atoms with Crippen LogP contribution in [0.4, 0.5) is 8.78 Å². The fraction of sp³-hybridized carbons (Fsp3) is 0.417. The van der Waals surface area contributed by atoms with Gasteiger partial charge >= 0.3 is 0 Å². The van der Waals surface area contributed by atoms with E-state index in [2.05, 4.69) is 27.9 Å². The number of nitrogens with one attached hydrogen (secondary N) is 1. The van der Waals surface area contributed by atoms with Crippen molar-refractivity contribution in [2.24, 2.45) is 0 Å². The molecule has 17 heavy (non-hydrogen) atoms. The summed E-state index contributed by atoms with van der Waals surface area (Å²) >= 11 is 2.28. The lowest BCUT2D eigenvalue weighted by atomic mass is 10.1. The van der Waals surface area contributed by atoms with Crippen LogP contribution in [-0.2, 0) is 11.2 Å². The minimum atomic E-state index is -0.916. The third-order valence-corrected chi connectivity index (χ3v) is 2.99. The Morgan fingerprint density at radius 2 is 2.00 bits per heavy atom. The zero-order chi connectivity index (χ0) is 12.7. The second-order valence-electron chi connectivity index (χ2n) is 3.67. The van der Waals surface area contributed by atoms with Crippen molar-refractivity contribution in [2.45, 2.75) is 19.3 Å². The van der Waals surface area contributed by atoms with Crippen molar-refractivity contribution in [3.8, 4) is 0 Å². The second-order valence-corrected chi connectivity index (χ2v) is 4.75. The Bertz CT molecular complexity index is 385. The van der Waals surface area contributed by atoms with Crippen LogP contribution in [-0.4, -0.2) is 16.9 Å². The fourth-order valence-corrected chi connectivity index (χ4v) is 1.88. The Morgan fingerprint density at radius 1 is 1.24 bits per heavy atom. The summed E-state index contributed by atoms with van der Waals surface area (Å²) < 4.78 is 26.6. The van der Waals surface area contributed by atoms with E-state index in [1.54, 1.807) is 0 Å². The maximum absolute atomic E-state index is 12.9. The van der Waals surface area contributed by atoms with Gasteiger partial charge in [-0.3, -0.25) is 4.79 Å². The van der Waals surface area contributed by atoms with Crippen molar-refractivity contribution in [1.29, 1.82) is 0 Å². The highest BCUT2D eigenvalue weighted by Crippen LogP contribution is 2.09. The summed E-state index contributed by atoms with van der Waals surface area (Å²) in [7, 11) is 0. The molecule has 5 heteroatoms. The lowest BCUT2D eigenvalue weighted by Crippen LogP contribution is -2.26. The smallest absolute Gasteiger partial charge is 0.224 e. The van der Waals surface area contributed by atoms with Gasteiger partial charge in [-0.15, -0.1) is 0 Å². The van der Waals surface area contributed by atoms with Crippen molar-refractivity contribution in [2.75, 3.05) is 11.0 Å². The minimum Gasteiger partial charge on any atom is -0.356 e. The zero-order valence-corrected chi connectivity index (χ0v) is 11.5. The van der Waals surface area contributed by atoms with Gasteiger partial charge in [0.1, 0.15) is 0 Å². The molecule has 0 atom stereocenters. The van der Waals surface area contributed by atoms with Crippen molar-refractivity contribution in [1.82, 2.24) is 5.32 Å². The lowest BCUT2D eigenvalue weighted by Gasteiger charge is -2.05. The molecule has 0 heterocycles. The molecule has 0 saturated heterocycles. The van der Waals surface area contributed by atoms with Crippen LogP contribution in [0.3, 0.4) is 0 Å². The predicted molar refractivity (Wildman–Crippen MR) is 71.2 cm³/mol. The molecule has 0 fully saturated rings. The van der Waals surface area contributed by atoms with Crippen molar-refractivity contribution in [3.63, 3.8) is 0 Å². The molecule has 1 N–H and O–H groups in total. The van der Waals surface area contributed by atoms with Crippen LogP contribution in [0.25, 0.3) is 0 Å². The number of rotatable bonds is 6. The molecule has 0 unspecified atom stereocenters. The second kappa shape index (κ2) is 7.58. The summed E-state index contributed by atoms with van der Waals surface area (Å²) in [5, 5.41) is 2.74. The van der Waals surface area contributed by atoms with Gasteiger partial charge in [0.05, 0.1) is 6.42 Å². The molecule has 1 rings (SSSR count). The van der Waals surface area contributed by atoms with Crippen LogP contribution in [0, 0.1) is 11.6 Å². The number of hydrogen-bond acceptors (Lipinski definition) is 1. The number of alkyl halides is 1. The Labute approximate surface area is 113 Å². The maximum atomic E-state index is 12.9. The van der Waals surface area contributed by atoms with Crippen LogP contribution in [0.5, 0.6) is 0 Å². The van der Waals surface area contributed by atoms with Gasteiger partial charge < -0.3 is 5.32 Å². The van der Waals surface area contributed by atoms with Gasteiger partial charge in [0.25, 0.3) is 0 Å². The molecule has 1 aromatic rings. The van der Waals surface area contributed by atoms with E-state index in [0.29, 0.717) is 12.1 Å². The Kier molecular flexibility index (Phi) is 6.39. The molecule has 94 valence electrons. The van der Waals surface area contributed by atoms with Gasteiger partial charge in [-0.25, -0.2) is 8.78 Å². The first kappa shape index (κ1) is 14.3. The average Bonchev–Trinajstić information content (AvgIpc) is 2.30. The molecule has 0 aromatic heterocycles. The quantitative estimate of drug-likeness (QED) is 0.476. The van der Waals surface area contributed by atoms with E-state index >= 15 is 0 Å². The van der Waals surface area contributed by atoms with E-state index in [1.807, 2.05) is 0 Å². The van der Waals surface area contributed by atoms with Crippen LogP contribution in [0.15, 0.2) is 18.2 Å². The predicted octanol–water partition coefficient (Wildman–Crippen LogP) is 2.84. The first-order valence-electron chi connectivity index (χ1n) is 5.40. The number of halogens is 3. The number of unbranched alkanes of at least 4 members (excludes halogenated alkanes) is 1. The van der Waals surface area contributed by atoms with Crippen molar-refractivity contribution < 1.29 is 13.6 Å². The largest absolute Gasteiger partial charge is 0.356 e. The molecular weight excluding hydrogens is 339 g/mol. The number of carbonyl (C=O) groups excluding carboxylic acids is 1. The summed E-state index contributed by atoms with van der Waals surface area (Å²) in [5.74, 6) is -1.97. The summed E-state index contributed by atoms with van der Waals surface area (Å²) in [5.41, 5.74) is 0.482. The normalized spacial score (nSPS) is 10.3. The van der Waals surface area contributed by atoms with E-state index in [9.17, 15) is 13.6 Å². The van der Waals surface area contributed by atoms with Crippen molar-refractivity contribution >= 4 is 28.5 Å². The average molecular weight is 353 g/mol. The molecule has 0 aliphatic heterocycles. The topological polar surface area (TPSA) is 29.1 Å². The Balaban J connectivity index is 2.37. The number of carbonyl (C=O) groups is 1. The van der Waals surface area contributed by atoms with E-state index < -0.39 is 11.6 Å². The minimum absolute atomic E-state index is 0.0848. The monoisotopic (exact) mass is 353 g/mol. The molecule has 0 aliphatic carbocycles. The molecular formula is C12H14F2INO. The molecule has 0 bridgehead atoms. The van der Waals surface area contributed by atoms with Crippen LogP contribution >= 0.6 is 22.6 Å². The highest BCUT2D eigenvalue weighted by Gasteiger charge is 2.06. The summed E-state index contributed by atoms with van der Waals surface area (Å²) in [6.07, 6.45) is 2.08. The summed E-state index contributed by atoms with van der Waals surface area (Å²) in [4.78, 5) is 11.4. The molecule has 0 saturated carbocycles. The number of amides is 1. The van der Waals surface area contributed by atoms with Crippen LogP contribution in [0.2, 0.25) is 0 Å². The molecule has 1 amide bonds. The zero-order valence-electron chi connectivity index (χ0n) is 9.31. The first-order chi connectivity index (χ1) is 8.13. The molecule has 1 aromatic carbocycles. The van der Waals surface area contributed by atoms with Crippen molar-refractivity contribution in [3.05, 3.63) is 35.4 Å². The maximum Gasteiger partial charge on any atom is 0.224 e. The van der Waals surface area contributed by atoms with Crippen LogP contribution < -0.4 is 5.32 Å². The SMILES string of the molecule is O=C(Cc1ccc(F)c(F)c1)NCCCCI. The molecule has 2 nitrogen and oxygen atoms in total. The third-order valence-electron chi connectivity index (χ3n) is 2.23. The van der Waals surface area contributed by atoms with Gasteiger partial charge in [-0.2, -0.15) is 0 Å². The van der Waals surface area contributed by atoms with E-state index in [0.717, 1.165) is 29.4 Å². The van der Waals surface area contributed by atoms with Gasteiger partial charge in [-0.1, -0.05) is 28.7 Å². The molecule has 0 spiro atoms. The number of benzene rings is 1. The van der Waals surface area contributed by atoms with Gasteiger partial charge in [0.15, 0.2) is 11.6 Å². The Hall–Kier alpha value is -0.720. The highest BCUT2D eigenvalue weighted by molar-refractivity contribution is 14.1.